The van der Waals surface area contributed by atoms with Gasteiger partial charge in [-0.05, 0) is 97.8 Å². The van der Waals surface area contributed by atoms with Crippen LogP contribution in [-0.2, 0) is 33.8 Å². The van der Waals surface area contributed by atoms with Crippen molar-refractivity contribution >= 4 is 63.6 Å². The van der Waals surface area contributed by atoms with E-state index in [4.69, 9.17) is 9.47 Å². The Kier molecular flexibility index (Phi) is 13.9. The summed E-state index contributed by atoms with van der Waals surface area (Å²) in [6, 6.07) is 32.9. The number of rotatable bonds is 14. The molecule has 282 valence electrons. The number of amides is 3. The highest BCUT2D eigenvalue weighted by molar-refractivity contribution is 8.00. The van der Waals surface area contributed by atoms with Crippen LogP contribution in [0.4, 0.5) is 10.7 Å². The van der Waals surface area contributed by atoms with Crippen LogP contribution in [0.5, 0.6) is 5.75 Å². The van der Waals surface area contributed by atoms with Crippen LogP contribution in [0.25, 0.3) is 6.08 Å². The van der Waals surface area contributed by atoms with Crippen LogP contribution in [0, 0.1) is 0 Å². The van der Waals surface area contributed by atoms with Gasteiger partial charge in [0.1, 0.15) is 23.1 Å². The molecule has 0 bridgehead atoms. The Morgan fingerprint density at radius 3 is 2.27 bits per heavy atom. The van der Waals surface area contributed by atoms with Crippen LogP contribution in [0.2, 0.25) is 0 Å². The van der Waals surface area contributed by atoms with Gasteiger partial charge in [-0.25, -0.2) is 4.79 Å². The maximum absolute atomic E-state index is 13.7. The zero-order valence-electron chi connectivity index (χ0n) is 30.6. The normalized spacial score (nSPS) is 12.7. The van der Waals surface area contributed by atoms with Crippen LogP contribution >= 0.6 is 23.1 Å². The molecule has 11 heteroatoms. The number of thioether (sulfide) groups is 1. The quantitative estimate of drug-likeness (QED) is 0.0584. The first-order valence-electron chi connectivity index (χ1n) is 18.4. The fourth-order valence-electron chi connectivity index (χ4n) is 6.11. The maximum Gasteiger partial charge on any atom is 0.341 e. The SMILES string of the molecule is CCOC(=O)c1c(NC(=O)CSc2cccc(NC(=O)/C(=C\c3ccc(OCc4ccccc4)cc3)NC(=O)c3ccccc3)c2)sc2c1CCCCCC2. The first kappa shape index (κ1) is 39.1. The fraction of sp³-hybridized carbons (Fsp3) is 0.227. The summed E-state index contributed by atoms with van der Waals surface area (Å²) in [5, 5.41) is 9.20. The summed E-state index contributed by atoms with van der Waals surface area (Å²) in [5.41, 5.74) is 4.17. The maximum atomic E-state index is 13.7. The van der Waals surface area contributed by atoms with Crippen LogP contribution in [-0.4, -0.2) is 36.1 Å². The Bertz CT molecular complexity index is 2130. The highest BCUT2D eigenvalue weighted by Crippen LogP contribution is 2.38. The van der Waals surface area contributed by atoms with E-state index in [1.807, 2.05) is 66.7 Å². The summed E-state index contributed by atoms with van der Waals surface area (Å²) in [7, 11) is 0. The number of carbonyl (C=O) groups is 4. The average Bonchev–Trinajstić information content (AvgIpc) is 3.52. The van der Waals surface area contributed by atoms with Crippen LogP contribution < -0.4 is 20.7 Å². The predicted molar refractivity (Wildman–Crippen MR) is 220 cm³/mol. The third kappa shape index (κ3) is 11.2. The molecule has 1 aromatic heterocycles. The molecule has 0 saturated carbocycles. The molecule has 5 aromatic rings. The first-order chi connectivity index (χ1) is 26.9. The second kappa shape index (κ2) is 19.6. The van der Waals surface area contributed by atoms with Crippen molar-refractivity contribution in [3.8, 4) is 5.75 Å². The van der Waals surface area contributed by atoms with E-state index in [1.54, 1.807) is 55.5 Å². The van der Waals surface area contributed by atoms with Gasteiger partial charge in [0.25, 0.3) is 11.8 Å². The smallest absolute Gasteiger partial charge is 0.341 e. The van der Waals surface area contributed by atoms with Crippen molar-refractivity contribution in [2.24, 2.45) is 0 Å². The molecule has 55 heavy (non-hydrogen) atoms. The van der Waals surface area contributed by atoms with E-state index in [1.165, 1.54) is 23.1 Å². The van der Waals surface area contributed by atoms with Gasteiger partial charge in [-0.15, -0.1) is 23.1 Å². The zero-order chi connectivity index (χ0) is 38.4. The molecule has 4 aromatic carbocycles. The lowest BCUT2D eigenvalue weighted by atomic mass is 9.96. The molecule has 0 atom stereocenters. The Balaban J connectivity index is 1.12. The van der Waals surface area contributed by atoms with Crippen molar-refractivity contribution in [1.29, 1.82) is 0 Å². The molecule has 6 rings (SSSR count). The number of hydrogen-bond acceptors (Lipinski definition) is 8. The number of hydrogen-bond donors (Lipinski definition) is 3. The molecule has 9 nitrogen and oxygen atoms in total. The van der Waals surface area contributed by atoms with Crippen molar-refractivity contribution in [3.63, 3.8) is 0 Å². The van der Waals surface area contributed by atoms with Crippen LogP contribution in [0.15, 0.2) is 120 Å². The highest BCUT2D eigenvalue weighted by Gasteiger charge is 2.26. The number of anilines is 2. The molecular formula is C44H43N3O6S2. The van der Waals surface area contributed by atoms with Gasteiger partial charge in [-0.1, -0.05) is 79.6 Å². The number of esters is 1. The molecule has 1 aliphatic rings. The van der Waals surface area contributed by atoms with E-state index < -0.39 is 17.8 Å². The predicted octanol–water partition coefficient (Wildman–Crippen LogP) is 9.30. The van der Waals surface area contributed by atoms with Gasteiger partial charge < -0.3 is 25.4 Å². The second-order valence-electron chi connectivity index (χ2n) is 12.9. The summed E-state index contributed by atoms with van der Waals surface area (Å²) in [6.45, 7) is 2.46. The first-order valence-corrected chi connectivity index (χ1v) is 20.2. The minimum Gasteiger partial charge on any atom is -0.489 e. The molecule has 0 unspecified atom stereocenters. The molecule has 3 N–H and O–H groups in total. The summed E-state index contributed by atoms with van der Waals surface area (Å²) in [4.78, 5) is 55.0. The molecule has 0 aliphatic heterocycles. The van der Waals surface area contributed by atoms with Gasteiger partial charge in [-0.3, -0.25) is 14.4 Å². The number of benzene rings is 4. The minimum atomic E-state index is -0.520. The van der Waals surface area contributed by atoms with E-state index >= 15 is 0 Å². The number of carbonyl (C=O) groups excluding carboxylic acids is 4. The lowest BCUT2D eigenvalue weighted by molar-refractivity contribution is -0.114. The molecule has 1 heterocycles. The Hall–Kier alpha value is -5.65. The molecule has 0 spiro atoms. The van der Waals surface area contributed by atoms with Gasteiger partial charge >= 0.3 is 5.97 Å². The van der Waals surface area contributed by atoms with Crippen molar-refractivity contribution in [3.05, 3.63) is 148 Å². The summed E-state index contributed by atoms with van der Waals surface area (Å²) >= 11 is 2.78. The Morgan fingerprint density at radius 2 is 1.53 bits per heavy atom. The summed E-state index contributed by atoms with van der Waals surface area (Å²) in [6.07, 6.45) is 7.63. The van der Waals surface area contributed by atoms with Crippen molar-refractivity contribution in [1.82, 2.24) is 5.32 Å². The standard InChI is InChI=1S/C44H43N3O6S2/c1-2-52-44(51)40-36-20-11-3-4-12-21-38(36)55-43(40)47-39(48)29-54-35-19-13-18-33(27-35)45-42(50)37(46-41(49)32-16-9-6-10-17-32)26-30-22-24-34(25-23-30)53-28-31-14-7-5-8-15-31/h5-10,13-19,22-27H,2-4,11-12,20-21,28-29H2,1H3,(H,45,50)(H,46,49)(H,47,48)/b37-26+. The minimum absolute atomic E-state index is 0.0479. The van der Waals surface area contributed by atoms with Gasteiger partial charge in [0, 0.05) is 21.0 Å². The average molecular weight is 774 g/mol. The highest BCUT2D eigenvalue weighted by atomic mass is 32.2. The van der Waals surface area contributed by atoms with Gasteiger partial charge in [0.15, 0.2) is 0 Å². The number of ether oxygens (including phenoxy) is 2. The Morgan fingerprint density at radius 1 is 0.800 bits per heavy atom. The summed E-state index contributed by atoms with van der Waals surface area (Å²) < 4.78 is 11.3. The lowest BCUT2D eigenvalue weighted by Gasteiger charge is -2.13. The lowest BCUT2D eigenvalue weighted by Crippen LogP contribution is -2.30. The third-order valence-corrected chi connectivity index (χ3v) is 11.0. The van der Waals surface area contributed by atoms with E-state index in [-0.39, 0.29) is 24.0 Å². The number of aryl methyl sites for hydroxylation is 1. The van der Waals surface area contributed by atoms with E-state index in [0.29, 0.717) is 39.7 Å². The largest absolute Gasteiger partial charge is 0.489 e. The van der Waals surface area contributed by atoms with Crippen molar-refractivity contribution < 1.29 is 28.7 Å². The Labute approximate surface area is 329 Å². The van der Waals surface area contributed by atoms with E-state index in [2.05, 4.69) is 16.0 Å². The van der Waals surface area contributed by atoms with Gasteiger partial charge in [0.2, 0.25) is 5.91 Å². The molecule has 0 saturated heterocycles. The van der Waals surface area contributed by atoms with Crippen molar-refractivity contribution in [2.75, 3.05) is 23.0 Å². The topological polar surface area (TPSA) is 123 Å². The van der Waals surface area contributed by atoms with E-state index in [9.17, 15) is 19.2 Å². The van der Waals surface area contributed by atoms with Crippen LogP contribution in [0.1, 0.15) is 74.9 Å². The van der Waals surface area contributed by atoms with Gasteiger partial charge in [0.05, 0.1) is 17.9 Å². The number of fused-ring (bicyclic) bond motifs is 1. The van der Waals surface area contributed by atoms with Crippen molar-refractivity contribution in [2.45, 2.75) is 57.0 Å². The van der Waals surface area contributed by atoms with Crippen LogP contribution in [0.3, 0.4) is 0 Å². The fourth-order valence-corrected chi connectivity index (χ4v) is 8.16. The molecule has 0 fully saturated rings. The molecular weight excluding hydrogens is 731 g/mol. The monoisotopic (exact) mass is 773 g/mol. The van der Waals surface area contributed by atoms with E-state index in [0.717, 1.165) is 59.4 Å². The third-order valence-electron chi connectivity index (χ3n) is 8.83. The number of nitrogens with one attached hydrogen (secondary N) is 3. The molecule has 1 aliphatic carbocycles. The summed E-state index contributed by atoms with van der Waals surface area (Å²) in [5.74, 6) is -0.832. The second-order valence-corrected chi connectivity index (χ2v) is 15.0. The zero-order valence-corrected chi connectivity index (χ0v) is 32.2. The van der Waals surface area contributed by atoms with Gasteiger partial charge in [-0.2, -0.15) is 0 Å². The molecule has 0 radical (unpaired) electrons. The number of thiophene rings is 1. The molecule has 3 amide bonds.